The zero-order chi connectivity index (χ0) is 22.6. The molecule has 1 atom stereocenters. The molecule has 1 heterocycles. The molecule has 3 rings (SSSR count). The van der Waals surface area contributed by atoms with Crippen molar-refractivity contribution in [3.63, 3.8) is 0 Å². The summed E-state index contributed by atoms with van der Waals surface area (Å²) in [5, 5.41) is 9.67. The number of benzene rings is 1. The lowest BCUT2D eigenvalue weighted by Gasteiger charge is -2.35. The molecular formula is C24H38FN5O2. The van der Waals surface area contributed by atoms with Gasteiger partial charge in [0.15, 0.2) is 5.96 Å². The summed E-state index contributed by atoms with van der Waals surface area (Å²) in [4.78, 5) is 18.8. The third kappa shape index (κ3) is 8.06. The van der Waals surface area contributed by atoms with Crippen molar-refractivity contribution in [1.82, 2.24) is 20.9 Å². The van der Waals surface area contributed by atoms with E-state index in [1.807, 2.05) is 12.1 Å². The SMILES string of the molecule is CN=C(NCCNC(=O)CC1CCCCC1)NCC(c1ccc(F)cc1)N1CCOCC1. The van der Waals surface area contributed by atoms with E-state index in [2.05, 4.69) is 25.8 Å². The van der Waals surface area contributed by atoms with Crippen LogP contribution >= 0.6 is 0 Å². The van der Waals surface area contributed by atoms with Crippen LogP contribution in [0.4, 0.5) is 4.39 Å². The van der Waals surface area contributed by atoms with Crippen molar-refractivity contribution in [2.75, 3.05) is 53.0 Å². The molecule has 1 aliphatic carbocycles. The van der Waals surface area contributed by atoms with Gasteiger partial charge in [0.2, 0.25) is 5.91 Å². The van der Waals surface area contributed by atoms with E-state index in [4.69, 9.17) is 4.74 Å². The number of amides is 1. The summed E-state index contributed by atoms with van der Waals surface area (Å²) >= 11 is 0. The van der Waals surface area contributed by atoms with Gasteiger partial charge < -0.3 is 20.7 Å². The fraction of sp³-hybridized carbons (Fsp3) is 0.667. The van der Waals surface area contributed by atoms with Crippen LogP contribution in [0.1, 0.15) is 50.1 Å². The van der Waals surface area contributed by atoms with E-state index in [0.717, 1.165) is 18.7 Å². The van der Waals surface area contributed by atoms with E-state index < -0.39 is 0 Å². The number of ether oxygens (including phenoxy) is 1. The highest BCUT2D eigenvalue weighted by Gasteiger charge is 2.23. The smallest absolute Gasteiger partial charge is 0.220 e. The summed E-state index contributed by atoms with van der Waals surface area (Å²) in [6.45, 7) is 4.88. The molecule has 1 saturated carbocycles. The Morgan fingerprint density at radius 2 is 1.78 bits per heavy atom. The number of hydrogen-bond acceptors (Lipinski definition) is 4. The summed E-state index contributed by atoms with van der Waals surface area (Å²) < 4.78 is 18.9. The predicted octanol–water partition coefficient (Wildman–Crippen LogP) is 2.45. The Kier molecular flexibility index (Phi) is 10.2. The van der Waals surface area contributed by atoms with Crippen LogP contribution in [-0.4, -0.2) is 69.8 Å². The molecule has 0 aromatic heterocycles. The van der Waals surface area contributed by atoms with Crippen LogP contribution in [0, 0.1) is 11.7 Å². The van der Waals surface area contributed by atoms with Crippen LogP contribution < -0.4 is 16.0 Å². The number of nitrogens with zero attached hydrogens (tertiary/aromatic N) is 2. The van der Waals surface area contributed by atoms with E-state index in [-0.39, 0.29) is 17.8 Å². The quantitative estimate of drug-likeness (QED) is 0.308. The monoisotopic (exact) mass is 447 g/mol. The van der Waals surface area contributed by atoms with Crippen molar-refractivity contribution < 1.29 is 13.9 Å². The van der Waals surface area contributed by atoms with Crippen LogP contribution in [0.5, 0.6) is 0 Å². The highest BCUT2D eigenvalue weighted by Crippen LogP contribution is 2.26. The molecule has 178 valence electrons. The van der Waals surface area contributed by atoms with Crippen LogP contribution in [0.25, 0.3) is 0 Å². The number of morpholine rings is 1. The molecule has 7 nitrogen and oxygen atoms in total. The van der Waals surface area contributed by atoms with Crippen molar-refractivity contribution in [3.05, 3.63) is 35.6 Å². The minimum Gasteiger partial charge on any atom is -0.379 e. The average Bonchev–Trinajstić information content (AvgIpc) is 2.83. The van der Waals surface area contributed by atoms with Crippen LogP contribution in [0.2, 0.25) is 0 Å². The van der Waals surface area contributed by atoms with Gasteiger partial charge in [-0.2, -0.15) is 0 Å². The fourth-order valence-corrected chi connectivity index (χ4v) is 4.55. The Labute approximate surface area is 191 Å². The Morgan fingerprint density at radius 3 is 2.47 bits per heavy atom. The third-order valence-electron chi connectivity index (χ3n) is 6.37. The van der Waals surface area contributed by atoms with Gasteiger partial charge >= 0.3 is 0 Å². The molecule has 2 fully saturated rings. The normalized spacial score (nSPS) is 19.4. The highest BCUT2D eigenvalue weighted by molar-refractivity contribution is 5.80. The second-order valence-electron chi connectivity index (χ2n) is 8.65. The van der Waals surface area contributed by atoms with Gasteiger partial charge in [-0.3, -0.25) is 14.7 Å². The van der Waals surface area contributed by atoms with Crippen LogP contribution in [0.15, 0.2) is 29.3 Å². The Balaban J connectivity index is 1.42. The zero-order valence-electron chi connectivity index (χ0n) is 19.2. The summed E-state index contributed by atoms with van der Waals surface area (Å²) in [6.07, 6.45) is 6.82. The molecule has 1 aromatic rings. The van der Waals surface area contributed by atoms with Crippen molar-refractivity contribution in [2.24, 2.45) is 10.9 Å². The molecule has 3 N–H and O–H groups in total. The topological polar surface area (TPSA) is 78.0 Å². The van der Waals surface area contributed by atoms with Crippen LogP contribution in [0.3, 0.4) is 0 Å². The maximum atomic E-state index is 13.4. The summed E-state index contributed by atoms with van der Waals surface area (Å²) in [6, 6.07) is 6.79. The number of carbonyl (C=O) groups is 1. The molecule has 0 radical (unpaired) electrons. The second kappa shape index (κ2) is 13.4. The molecule has 1 amide bonds. The first-order valence-electron chi connectivity index (χ1n) is 11.9. The van der Waals surface area contributed by atoms with E-state index in [0.29, 0.717) is 51.1 Å². The third-order valence-corrected chi connectivity index (χ3v) is 6.37. The molecule has 1 aromatic carbocycles. The average molecular weight is 448 g/mol. The fourth-order valence-electron chi connectivity index (χ4n) is 4.55. The first-order chi connectivity index (χ1) is 15.7. The van der Waals surface area contributed by atoms with E-state index in [9.17, 15) is 9.18 Å². The summed E-state index contributed by atoms with van der Waals surface area (Å²) in [7, 11) is 1.73. The Morgan fingerprint density at radius 1 is 1.09 bits per heavy atom. The Bertz CT molecular complexity index is 716. The molecule has 8 heteroatoms. The second-order valence-corrected chi connectivity index (χ2v) is 8.65. The van der Waals surface area contributed by atoms with Gasteiger partial charge in [-0.25, -0.2) is 4.39 Å². The van der Waals surface area contributed by atoms with Gasteiger partial charge in [-0.05, 0) is 36.5 Å². The first kappa shape index (κ1) is 24.5. The van der Waals surface area contributed by atoms with Gasteiger partial charge in [-0.15, -0.1) is 0 Å². The molecular weight excluding hydrogens is 409 g/mol. The van der Waals surface area contributed by atoms with Gasteiger partial charge in [-0.1, -0.05) is 31.4 Å². The number of aliphatic imine (C=N–C) groups is 1. The number of nitrogens with one attached hydrogen (secondary N) is 3. The number of carbonyl (C=O) groups excluding carboxylic acids is 1. The Hall–Kier alpha value is -2.19. The van der Waals surface area contributed by atoms with Crippen molar-refractivity contribution in [2.45, 2.75) is 44.6 Å². The number of guanidine groups is 1. The van der Waals surface area contributed by atoms with Gasteiger partial charge in [0, 0.05) is 46.2 Å². The largest absolute Gasteiger partial charge is 0.379 e. The highest BCUT2D eigenvalue weighted by atomic mass is 19.1. The lowest BCUT2D eigenvalue weighted by molar-refractivity contribution is -0.122. The first-order valence-corrected chi connectivity index (χ1v) is 11.9. The molecule has 0 bridgehead atoms. The zero-order valence-corrected chi connectivity index (χ0v) is 19.2. The molecule has 32 heavy (non-hydrogen) atoms. The van der Waals surface area contributed by atoms with E-state index >= 15 is 0 Å². The van der Waals surface area contributed by atoms with Gasteiger partial charge in [0.05, 0.1) is 19.3 Å². The molecule has 0 spiro atoms. The molecule has 1 aliphatic heterocycles. The molecule has 1 saturated heterocycles. The van der Waals surface area contributed by atoms with Gasteiger partial charge in [0.1, 0.15) is 5.82 Å². The molecule has 1 unspecified atom stereocenters. The number of hydrogen-bond donors (Lipinski definition) is 3. The summed E-state index contributed by atoms with van der Waals surface area (Å²) in [5.41, 5.74) is 1.06. The number of rotatable bonds is 9. The minimum atomic E-state index is -0.231. The summed E-state index contributed by atoms with van der Waals surface area (Å²) in [5.74, 6) is 1.15. The number of halogens is 1. The minimum absolute atomic E-state index is 0.0910. The van der Waals surface area contributed by atoms with Crippen LogP contribution in [-0.2, 0) is 9.53 Å². The maximum Gasteiger partial charge on any atom is 0.220 e. The van der Waals surface area contributed by atoms with E-state index in [1.165, 1.54) is 44.2 Å². The maximum absolute atomic E-state index is 13.4. The predicted molar refractivity (Wildman–Crippen MR) is 125 cm³/mol. The lowest BCUT2D eigenvalue weighted by atomic mass is 9.87. The standard InChI is InChI=1S/C24H38FN5O2/c1-26-24(28-12-11-27-23(31)17-19-5-3-2-4-6-19)29-18-22(30-13-15-32-16-14-30)20-7-9-21(25)10-8-20/h7-10,19,22H,2-6,11-18H2,1H3,(H,27,31)(H2,26,28,29). The van der Waals surface area contributed by atoms with Crippen molar-refractivity contribution >= 4 is 11.9 Å². The van der Waals surface area contributed by atoms with Crippen molar-refractivity contribution in [1.29, 1.82) is 0 Å². The van der Waals surface area contributed by atoms with Gasteiger partial charge in [0.25, 0.3) is 0 Å². The van der Waals surface area contributed by atoms with Crippen molar-refractivity contribution in [3.8, 4) is 0 Å². The lowest BCUT2D eigenvalue weighted by Crippen LogP contribution is -2.47. The molecule has 2 aliphatic rings. The van der Waals surface area contributed by atoms with E-state index in [1.54, 1.807) is 7.05 Å².